The maximum absolute atomic E-state index is 11.4. The Hall–Kier alpha value is -1.47. The van der Waals surface area contributed by atoms with Gasteiger partial charge in [0.25, 0.3) is 0 Å². The van der Waals surface area contributed by atoms with Crippen LogP contribution < -0.4 is 0 Å². The molecule has 1 amide bonds. The maximum atomic E-state index is 11.4. The second-order valence-electron chi connectivity index (χ2n) is 3.91. The van der Waals surface area contributed by atoms with Crippen molar-refractivity contribution in [1.29, 1.82) is 0 Å². The fourth-order valence-corrected chi connectivity index (χ4v) is 1.83. The van der Waals surface area contributed by atoms with Crippen molar-refractivity contribution in [2.45, 2.75) is 6.54 Å². The van der Waals surface area contributed by atoms with E-state index in [1.54, 1.807) is 31.4 Å². The van der Waals surface area contributed by atoms with Crippen LogP contribution in [0.15, 0.2) is 5.38 Å². The molecule has 0 atom stereocenters. The highest BCUT2D eigenvalue weighted by Crippen LogP contribution is 2.11. The summed E-state index contributed by atoms with van der Waals surface area (Å²) in [7, 11) is 5.18. The van der Waals surface area contributed by atoms with Gasteiger partial charge in [0.15, 0.2) is 0 Å². The molecule has 0 radical (unpaired) electrons. The van der Waals surface area contributed by atoms with Gasteiger partial charge in [-0.05, 0) is 7.05 Å². The van der Waals surface area contributed by atoms with E-state index in [1.807, 2.05) is 0 Å². The molecule has 0 saturated heterocycles. The normalized spacial score (nSPS) is 10.6. The molecule has 7 heteroatoms. The van der Waals surface area contributed by atoms with E-state index in [1.165, 1.54) is 4.90 Å². The van der Waals surface area contributed by atoms with Crippen molar-refractivity contribution in [3.63, 3.8) is 0 Å². The summed E-state index contributed by atoms with van der Waals surface area (Å²) in [5, 5.41) is 10.5. The Bertz CT molecular complexity index is 417. The van der Waals surface area contributed by atoms with Crippen LogP contribution in [0.25, 0.3) is 0 Å². The predicted molar refractivity (Wildman–Crippen MR) is 64.1 cm³/mol. The van der Waals surface area contributed by atoms with Crippen LogP contribution in [0, 0.1) is 0 Å². The van der Waals surface area contributed by atoms with E-state index in [0.29, 0.717) is 12.2 Å². The molecule has 0 saturated carbocycles. The topological polar surface area (TPSA) is 73.7 Å². The average molecular weight is 257 g/mol. The Morgan fingerprint density at radius 2 is 2.06 bits per heavy atom. The lowest BCUT2D eigenvalue weighted by Gasteiger charge is -2.17. The number of carbonyl (C=O) groups excluding carboxylic acids is 1. The monoisotopic (exact) mass is 257 g/mol. The lowest BCUT2D eigenvalue weighted by molar-refractivity contribution is -0.129. The van der Waals surface area contributed by atoms with Gasteiger partial charge in [-0.3, -0.25) is 9.69 Å². The van der Waals surface area contributed by atoms with Gasteiger partial charge in [0.2, 0.25) is 10.9 Å². The Morgan fingerprint density at radius 3 is 2.53 bits per heavy atom. The first-order chi connectivity index (χ1) is 7.90. The van der Waals surface area contributed by atoms with E-state index >= 15 is 0 Å². The summed E-state index contributed by atoms with van der Waals surface area (Å²) in [6.45, 7) is 0.746. The maximum Gasteiger partial charge on any atom is 0.365 e. The molecule has 0 aliphatic rings. The van der Waals surface area contributed by atoms with E-state index in [9.17, 15) is 9.59 Å². The molecular weight excluding hydrogens is 242 g/mol. The second kappa shape index (κ2) is 5.74. The molecule has 0 spiro atoms. The molecular formula is C10H15N3O3S. The number of carboxylic acids is 1. The zero-order valence-electron chi connectivity index (χ0n) is 10.0. The van der Waals surface area contributed by atoms with Crippen molar-refractivity contribution in [3.05, 3.63) is 16.1 Å². The van der Waals surface area contributed by atoms with E-state index < -0.39 is 5.97 Å². The van der Waals surface area contributed by atoms with E-state index in [2.05, 4.69) is 4.98 Å². The van der Waals surface area contributed by atoms with Crippen LogP contribution in [-0.4, -0.2) is 59.5 Å². The summed E-state index contributed by atoms with van der Waals surface area (Å²) in [5.74, 6) is -1.02. The minimum absolute atomic E-state index is 0.00110. The molecule has 0 bridgehead atoms. The second-order valence-corrected chi connectivity index (χ2v) is 4.77. The summed E-state index contributed by atoms with van der Waals surface area (Å²) in [5.41, 5.74) is 0.668. The number of hydrogen-bond acceptors (Lipinski definition) is 5. The first kappa shape index (κ1) is 13.6. The summed E-state index contributed by atoms with van der Waals surface area (Å²) in [6, 6.07) is 0. The van der Waals surface area contributed by atoms with Gasteiger partial charge < -0.3 is 10.0 Å². The molecule has 0 unspecified atom stereocenters. The van der Waals surface area contributed by atoms with Crippen LogP contribution in [0.2, 0.25) is 0 Å². The molecule has 0 fully saturated rings. The van der Waals surface area contributed by atoms with Gasteiger partial charge in [-0.2, -0.15) is 0 Å². The minimum atomic E-state index is -1.02. The van der Waals surface area contributed by atoms with E-state index in [0.717, 1.165) is 11.3 Å². The number of thiazole rings is 1. The molecule has 94 valence electrons. The molecule has 1 aromatic heterocycles. The van der Waals surface area contributed by atoms with Crippen LogP contribution in [0.4, 0.5) is 0 Å². The third kappa shape index (κ3) is 4.12. The summed E-state index contributed by atoms with van der Waals surface area (Å²) in [4.78, 5) is 29.3. The van der Waals surface area contributed by atoms with Crippen molar-refractivity contribution < 1.29 is 14.7 Å². The summed E-state index contributed by atoms with van der Waals surface area (Å²) in [6.07, 6.45) is 0. The Labute approximate surface area is 103 Å². The first-order valence-electron chi connectivity index (χ1n) is 4.96. The molecule has 6 nitrogen and oxygen atoms in total. The van der Waals surface area contributed by atoms with Crippen molar-refractivity contribution in [3.8, 4) is 0 Å². The zero-order valence-corrected chi connectivity index (χ0v) is 10.8. The quantitative estimate of drug-likeness (QED) is 0.824. The standard InChI is InChI=1S/C10H15N3O3S/c1-12(2)8(14)5-13(3)4-7-6-17-9(11-7)10(15)16/h6H,4-5H2,1-3H3,(H,15,16). The molecule has 17 heavy (non-hydrogen) atoms. The molecule has 1 rings (SSSR count). The van der Waals surface area contributed by atoms with Gasteiger partial charge in [-0.15, -0.1) is 11.3 Å². The van der Waals surface area contributed by atoms with Crippen molar-refractivity contribution in [2.75, 3.05) is 27.7 Å². The summed E-state index contributed by atoms with van der Waals surface area (Å²) < 4.78 is 0. The number of nitrogens with zero attached hydrogens (tertiary/aromatic N) is 3. The number of aromatic carboxylic acids is 1. The van der Waals surface area contributed by atoms with E-state index in [-0.39, 0.29) is 17.5 Å². The van der Waals surface area contributed by atoms with Gasteiger partial charge in [0, 0.05) is 26.0 Å². The Morgan fingerprint density at radius 1 is 1.41 bits per heavy atom. The third-order valence-electron chi connectivity index (χ3n) is 2.07. The van der Waals surface area contributed by atoms with Gasteiger partial charge >= 0.3 is 5.97 Å². The fraction of sp³-hybridized carbons (Fsp3) is 0.500. The lowest BCUT2D eigenvalue weighted by atomic mass is 10.4. The van der Waals surface area contributed by atoms with Crippen molar-refractivity contribution in [1.82, 2.24) is 14.8 Å². The first-order valence-corrected chi connectivity index (χ1v) is 5.84. The lowest BCUT2D eigenvalue weighted by Crippen LogP contribution is -2.34. The van der Waals surface area contributed by atoms with Gasteiger partial charge in [-0.1, -0.05) is 0 Å². The SMILES string of the molecule is CN(CC(=O)N(C)C)Cc1csc(C(=O)O)n1. The summed E-state index contributed by atoms with van der Waals surface area (Å²) >= 11 is 1.09. The Kier molecular flexibility index (Phi) is 4.59. The molecule has 1 heterocycles. The molecule has 0 aliphatic carbocycles. The number of aromatic nitrogens is 1. The molecule has 1 N–H and O–H groups in total. The van der Waals surface area contributed by atoms with Gasteiger partial charge in [-0.25, -0.2) is 9.78 Å². The smallest absolute Gasteiger partial charge is 0.365 e. The number of amides is 1. The van der Waals surface area contributed by atoms with Gasteiger partial charge in [0.1, 0.15) is 0 Å². The number of hydrogen-bond donors (Lipinski definition) is 1. The highest BCUT2D eigenvalue weighted by Gasteiger charge is 2.12. The minimum Gasteiger partial charge on any atom is -0.476 e. The Balaban J connectivity index is 2.53. The molecule has 0 aromatic carbocycles. The number of likely N-dealkylation sites (N-methyl/N-ethyl adjacent to an activating group) is 2. The highest BCUT2D eigenvalue weighted by molar-refractivity contribution is 7.11. The number of carbonyl (C=O) groups is 2. The van der Waals surface area contributed by atoms with Crippen LogP contribution >= 0.6 is 11.3 Å². The number of carboxylic acid groups (broad SMARTS) is 1. The highest BCUT2D eigenvalue weighted by atomic mass is 32.1. The van der Waals surface area contributed by atoms with Gasteiger partial charge in [0.05, 0.1) is 12.2 Å². The van der Waals surface area contributed by atoms with Crippen LogP contribution in [0.5, 0.6) is 0 Å². The average Bonchev–Trinajstić information content (AvgIpc) is 2.65. The predicted octanol–water partition coefficient (Wildman–Crippen LogP) is 0.361. The van der Waals surface area contributed by atoms with Crippen LogP contribution in [-0.2, 0) is 11.3 Å². The van der Waals surface area contributed by atoms with Crippen molar-refractivity contribution in [2.24, 2.45) is 0 Å². The third-order valence-corrected chi connectivity index (χ3v) is 2.95. The van der Waals surface area contributed by atoms with Crippen molar-refractivity contribution >= 4 is 23.2 Å². The van der Waals surface area contributed by atoms with Crippen LogP contribution in [0.1, 0.15) is 15.5 Å². The van der Waals surface area contributed by atoms with Crippen LogP contribution in [0.3, 0.4) is 0 Å². The zero-order chi connectivity index (χ0) is 13.0. The fourth-order valence-electron chi connectivity index (χ4n) is 1.18. The largest absolute Gasteiger partial charge is 0.476 e. The molecule has 1 aromatic rings. The number of rotatable bonds is 5. The molecule has 0 aliphatic heterocycles. The van der Waals surface area contributed by atoms with E-state index in [4.69, 9.17) is 5.11 Å².